The zero-order valence-corrected chi connectivity index (χ0v) is 19.9. The molecule has 188 valence electrons. The van der Waals surface area contributed by atoms with Crippen molar-refractivity contribution in [3.05, 3.63) is 102 Å². The van der Waals surface area contributed by atoms with Gasteiger partial charge in [-0.15, -0.1) is 0 Å². The van der Waals surface area contributed by atoms with E-state index in [1.165, 1.54) is 47.9 Å². The number of aromatic nitrogens is 3. The van der Waals surface area contributed by atoms with E-state index < -0.39 is 40.5 Å². The quantitative estimate of drug-likeness (QED) is 0.515. The number of pyridine rings is 1. The molecule has 7 nitrogen and oxygen atoms in total. The lowest BCUT2D eigenvalue weighted by molar-refractivity contribution is -0.137. The van der Waals surface area contributed by atoms with Crippen molar-refractivity contribution in [2.45, 2.75) is 25.9 Å². The first-order chi connectivity index (χ1) is 17.6. The SMILES string of the molecule is CC1(C)C(=O)N(c2ncccn2)C2=CC=CC(c3ccc(C(F)(F)F)c(C(=O)Nc4cccnc4)c3)C21. The molecular formula is C27H22F3N5O2. The fraction of sp³-hybridized carbons (Fsp3) is 0.222. The van der Waals surface area contributed by atoms with Gasteiger partial charge in [0, 0.05) is 36.1 Å². The molecule has 1 aliphatic heterocycles. The minimum atomic E-state index is -4.74. The third-order valence-electron chi connectivity index (χ3n) is 6.70. The summed E-state index contributed by atoms with van der Waals surface area (Å²) in [6.45, 7) is 3.59. The van der Waals surface area contributed by atoms with Crippen LogP contribution in [-0.2, 0) is 11.0 Å². The highest BCUT2D eigenvalue weighted by atomic mass is 19.4. The Morgan fingerprint density at radius 1 is 1.08 bits per heavy atom. The molecule has 1 aliphatic carbocycles. The summed E-state index contributed by atoms with van der Waals surface area (Å²) in [4.78, 5) is 40.3. The second-order valence-corrected chi connectivity index (χ2v) is 9.39. The number of amides is 2. The van der Waals surface area contributed by atoms with Crippen LogP contribution in [0.25, 0.3) is 0 Å². The number of carbonyl (C=O) groups excluding carboxylic acids is 2. The molecule has 5 rings (SSSR count). The summed E-state index contributed by atoms with van der Waals surface area (Å²) in [7, 11) is 0. The molecule has 1 saturated heterocycles. The predicted octanol–water partition coefficient (Wildman–Crippen LogP) is 5.37. The Kier molecular flexibility index (Phi) is 5.89. The number of halogens is 3. The Bertz CT molecular complexity index is 1420. The molecule has 1 fully saturated rings. The van der Waals surface area contributed by atoms with Gasteiger partial charge in [0.25, 0.3) is 5.91 Å². The number of alkyl halides is 3. The molecule has 2 amide bonds. The van der Waals surface area contributed by atoms with E-state index in [1.807, 2.05) is 6.08 Å². The Morgan fingerprint density at radius 3 is 2.51 bits per heavy atom. The lowest BCUT2D eigenvalue weighted by Gasteiger charge is -2.32. The van der Waals surface area contributed by atoms with Crippen molar-refractivity contribution in [1.29, 1.82) is 0 Å². The average Bonchev–Trinajstić information content (AvgIpc) is 3.09. The zero-order valence-electron chi connectivity index (χ0n) is 19.9. The van der Waals surface area contributed by atoms with Crippen LogP contribution < -0.4 is 10.2 Å². The van der Waals surface area contributed by atoms with Crippen molar-refractivity contribution in [2.24, 2.45) is 11.3 Å². The molecule has 1 aromatic carbocycles. The van der Waals surface area contributed by atoms with Gasteiger partial charge in [-0.05, 0) is 42.0 Å². The van der Waals surface area contributed by atoms with E-state index >= 15 is 0 Å². The predicted molar refractivity (Wildman–Crippen MR) is 130 cm³/mol. The Morgan fingerprint density at radius 2 is 1.84 bits per heavy atom. The summed E-state index contributed by atoms with van der Waals surface area (Å²) in [6.07, 6.45) is 6.57. The number of carbonyl (C=O) groups is 2. The molecule has 0 bridgehead atoms. The van der Waals surface area contributed by atoms with E-state index in [4.69, 9.17) is 0 Å². The number of hydrogen-bond acceptors (Lipinski definition) is 5. The number of anilines is 2. The third kappa shape index (κ3) is 4.28. The van der Waals surface area contributed by atoms with E-state index in [2.05, 4.69) is 20.3 Å². The van der Waals surface area contributed by atoms with Crippen LogP contribution in [0.5, 0.6) is 0 Å². The summed E-state index contributed by atoms with van der Waals surface area (Å²) in [5, 5.41) is 2.49. The fourth-order valence-corrected chi connectivity index (χ4v) is 5.00. The number of nitrogens with one attached hydrogen (secondary N) is 1. The standard InChI is InChI=1S/C27H22F3N5O2/c1-26(2)22-18(7-3-8-21(22)35(24(26)37)25-32-12-5-13-33-25)16-9-10-20(27(28,29)30)19(14-16)23(36)34-17-6-4-11-31-15-17/h3-15,18,22H,1-2H3,(H,34,36). The van der Waals surface area contributed by atoms with Crippen molar-refractivity contribution in [2.75, 3.05) is 10.2 Å². The van der Waals surface area contributed by atoms with Crippen LogP contribution in [0.15, 0.2) is 85.1 Å². The molecule has 3 heterocycles. The monoisotopic (exact) mass is 505 g/mol. The van der Waals surface area contributed by atoms with Crippen LogP contribution in [0.4, 0.5) is 24.8 Å². The number of allylic oxidation sites excluding steroid dienone is 4. The molecule has 0 saturated carbocycles. The van der Waals surface area contributed by atoms with Crippen LogP contribution in [0, 0.1) is 11.3 Å². The van der Waals surface area contributed by atoms with Gasteiger partial charge in [-0.2, -0.15) is 13.2 Å². The Hall–Kier alpha value is -4.34. The Balaban J connectivity index is 1.57. The summed E-state index contributed by atoms with van der Waals surface area (Å²) in [6, 6.07) is 8.29. The second-order valence-electron chi connectivity index (χ2n) is 9.39. The van der Waals surface area contributed by atoms with E-state index in [0.717, 1.165) is 6.07 Å². The first-order valence-electron chi connectivity index (χ1n) is 11.5. The largest absolute Gasteiger partial charge is 0.417 e. The molecular weight excluding hydrogens is 483 g/mol. The molecule has 0 spiro atoms. The maximum absolute atomic E-state index is 13.9. The number of rotatable bonds is 4. The average molecular weight is 506 g/mol. The maximum atomic E-state index is 13.9. The topological polar surface area (TPSA) is 88.1 Å². The van der Waals surface area contributed by atoms with Crippen LogP contribution in [0.1, 0.15) is 41.3 Å². The van der Waals surface area contributed by atoms with Crippen LogP contribution in [-0.4, -0.2) is 26.8 Å². The van der Waals surface area contributed by atoms with Gasteiger partial charge in [0.05, 0.1) is 28.4 Å². The van der Waals surface area contributed by atoms with E-state index in [-0.39, 0.29) is 17.5 Å². The van der Waals surface area contributed by atoms with Crippen molar-refractivity contribution >= 4 is 23.5 Å². The highest BCUT2D eigenvalue weighted by Gasteiger charge is 2.55. The smallest absolute Gasteiger partial charge is 0.321 e. The van der Waals surface area contributed by atoms with E-state index in [0.29, 0.717) is 11.3 Å². The minimum absolute atomic E-state index is 0.217. The van der Waals surface area contributed by atoms with E-state index in [9.17, 15) is 22.8 Å². The third-order valence-corrected chi connectivity index (χ3v) is 6.70. The molecule has 2 aliphatic rings. The first kappa shape index (κ1) is 24.4. The summed E-state index contributed by atoms with van der Waals surface area (Å²) >= 11 is 0. The van der Waals surface area contributed by atoms with Gasteiger partial charge in [0.1, 0.15) is 0 Å². The molecule has 10 heteroatoms. The highest BCUT2D eigenvalue weighted by molar-refractivity contribution is 6.06. The second kappa shape index (κ2) is 8.95. The molecule has 2 aromatic heterocycles. The number of hydrogen-bond donors (Lipinski definition) is 1. The number of nitrogens with zero attached hydrogens (tertiary/aromatic N) is 4. The molecule has 3 aromatic rings. The van der Waals surface area contributed by atoms with Crippen LogP contribution in [0.2, 0.25) is 0 Å². The molecule has 1 N–H and O–H groups in total. The Labute approximate surface area is 210 Å². The summed E-state index contributed by atoms with van der Waals surface area (Å²) in [5.41, 5.74) is -1.07. The van der Waals surface area contributed by atoms with Crippen molar-refractivity contribution in [1.82, 2.24) is 15.0 Å². The van der Waals surface area contributed by atoms with Gasteiger partial charge in [0.2, 0.25) is 11.9 Å². The van der Waals surface area contributed by atoms with Gasteiger partial charge < -0.3 is 5.32 Å². The lowest BCUT2D eigenvalue weighted by Crippen LogP contribution is -2.33. The normalized spacial score (nSPS) is 20.4. The van der Waals surface area contributed by atoms with Gasteiger partial charge >= 0.3 is 6.18 Å². The van der Waals surface area contributed by atoms with Crippen LogP contribution in [0.3, 0.4) is 0 Å². The van der Waals surface area contributed by atoms with Gasteiger partial charge in [0.15, 0.2) is 0 Å². The lowest BCUT2D eigenvalue weighted by atomic mass is 9.68. The highest BCUT2D eigenvalue weighted by Crippen LogP contribution is 2.53. The van der Waals surface area contributed by atoms with Crippen molar-refractivity contribution < 1.29 is 22.8 Å². The van der Waals surface area contributed by atoms with E-state index in [1.54, 1.807) is 38.1 Å². The van der Waals surface area contributed by atoms with Crippen LogP contribution >= 0.6 is 0 Å². The number of fused-ring (bicyclic) bond motifs is 1. The van der Waals surface area contributed by atoms with Crippen molar-refractivity contribution in [3.8, 4) is 0 Å². The molecule has 2 unspecified atom stereocenters. The minimum Gasteiger partial charge on any atom is -0.321 e. The maximum Gasteiger partial charge on any atom is 0.417 e. The summed E-state index contributed by atoms with van der Waals surface area (Å²) in [5.74, 6) is -1.78. The van der Waals surface area contributed by atoms with Crippen molar-refractivity contribution in [3.63, 3.8) is 0 Å². The zero-order chi connectivity index (χ0) is 26.4. The first-order valence-corrected chi connectivity index (χ1v) is 11.5. The van der Waals surface area contributed by atoms with Gasteiger partial charge in [-0.3, -0.25) is 19.5 Å². The summed E-state index contributed by atoms with van der Waals surface area (Å²) < 4.78 is 41.6. The van der Waals surface area contributed by atoms with Gasteiger partial charge in [-0.1, -0.05) is 32.1 Å². The number of benzene rings is 1. The molecule has 2 atom stereocenters. The fourth-order valence-electron chi connectivity index (χ4n) is 5.00. The van der Waals surface area contributed by atoms with Gasteiger partial charge in [-0.25, -0.2) is 9.97 Å². The molecule has 0 radical (unpaired) electrons. The molecule has 37 heavy (non-hydrogen) atoms.